The molecule has 24 heavy (non-hydrogen) atoms. The topological polar surface area (TPSA) is 103 Å². The number of amides is 2. The minimum absolute atomic E-state index is 0.117. The van der Waals surface area contributed by atoms with E-state index in [2.05, 4.69) is 10.6 Å². The summed E-state index contributed by atoms with van der Waals surface area (Å²) in [4.78, 5) is 22.0. The van der Waals surface area contributed by atoms with Crippen LogP contribution in [0, 0.1) is 10.1 Å². The zero-order valence-corrected chi connectivity index (χ0v) is 13.0. The molecular weight excluding hydrogens is 314 g/mol. The van der Waals surface area contributed by atoms with Crippen molar-refractivity contribution in [3.63, 3.8) is 0 Å². The van der Waals surface area contributed by atoms with E-state index in [0.29, 0.717) is 18.8 Å². The van der Waals surface area contributed by atoms with Crippen LogP contribution < -0.4 is 20.1 Å². The van der Waals surface area contributed by atoms with Gasteiger partial charge in [0.2, 0.25) is 0 Å². The van der Waals surface area contributed by atoms with E-state index in [1.165, 1.54) is 25.3 Å². The first-order valence-electron chi connectivity index (χ1n) is 7.15. The highest BCUT2D eigenvalue weighted by atomic mass is 16.6. The minimum atomic E-state index is -0.534. The summed E-state index contributed by atoms with van der Waals surface area (Å²) in [6.07, 6.45) is 0. The number of hydrogen-bond donors (Lipinski definition) is 2. The molecule has 2 aromatic rings. The lowest BCUT2D eigenvalue weighted by molar-refractivity contribution is -0.384. The number of nitro benzene ring substituents is 1. The fraction of sp³-hybridized carbons (Fsp3) is 0.188. The van der Waals surface area contributed by atoms with Gasteiger partial charge in [0.25, 0.3) is 5.69 Å². The molecule has 2 N–H and O–H groups in total. The van der Waals surface area contributed by atoms with Gasteiger partial charge in [0, 0.05) is 6.07 Å². The fourth-order valence-corrected chi connectivity index (χ4v) is 1.91. The van der Waals surface area contributed by atoms with Crippen molar-refractivity contribution in [3.8, 4) is 11.5 Å². The summed E-state index contributed by atoms with van der Waals surface area (Å²) in [5.74, 6) is 0.927. The van der Waals surface area contributed by atoms with Gasteiger partial charge in [-0.3, -0.25) is 10.1 Å². The van der Waals surface area contributed by atoms with Crippen LogP contribution >= 0.6 is 0 Å². The molecule has 8 heteroatoms. The summed E-state index contributed by atoms with van der Waals surface area (Å²) in [6.45, 7) is 0.616. The minimum Gasteiger partial charge on any atom is -0.494 e. The van der Waals surface area contributed by atoms with Crippen molar-refractivity contribution in [3.05, 3.63) is 58.6 Å². The van der Waals surface area contributed by atoms with Crippen LogP contribution in [0.15, 0.2) is 48.5 Å². The van der Waals surface area contributed by atoms with Crippen molar-refractivity contribution in [1.29, 1.82) is 0 Å². The Bertz CT molecular complexity index is 706. The monoisotopic (exact) mass is 331 g/mol. The second-order valence-electron chi connectivity index (χ2n) is 4.68. The van der Waals surface area contributed by atoms with Crippen molar-refractivity contribution in [2.75, 3.05) is 25.6 Å². The Hall–Kier alpha value is -3.29. The maximum Gasteiger partial charge on any atom is 0.319 e. The van der Waals surface area contributed by atoms with Gasteiger partial charge in [-0.2, -0.15) is 0 Å². The van der Waals surface area contributed by atoms with Crippen LogP contribution in [0.3, 0.4) is 0 Å². The summed E-state index contributed by atoms with van der Waals surface area (Å²) in [6, 6.07) is 12.7. The maximum atomic E-state index is 11.8. The second kappa shape index (κ2) is 8.37. The molecule has 2 amide bonds. The zero-order chi connectivity index (χ0) is 17.4. The molecule has 8 nitrogen and oxygen atoms in total. The molecule has 126 valence electrons. The van der Waals surface area contributed by atoms with Gasteiger partial charge >= 0.3 is 6.03 Å². The molecule has 0 spiro atoms. The number of nitrogens with zero attached hydrogens (tertiary/aromatic N) is 1. The number of carbonyl (C=O) groups is 1. The third kappa shape index (κ3) is 4.87. The number of methoxy groups -OCH3 is 1. The first kappa shape index (κ1) is 17.1. The van der Waals surface area contributed by atoms with Gasteiger partial charge in [-0.1, -0.05) is 18.2 Å². The van der Waals surface area contributed by atoms with Crippen molar-refractivity contribution < 1.29 is 19.2 Å². The first-order chi connectivity index (χ1) is 11.6. The lowest BCUT2D eigenvalue weighted by atomic mass is 10.2. The van der Waals surface area contributed by atoms with Crippen LogP contribution in [0.2, 0.25) is 0 Å². The SMILES string of the molecule is COc1cc([N+](=O)[O-])ccc1NC(=O)NCCOc1ccccc1. The van der Waals surface area contributed by atoms with E-state index in [-0.39, 0.29) is 11.4 Å². The average molecular weight is 331 g/mol. The Morgan fingerprint density at radius 2 is 1.96 bits per heavy atom. The first-order valence-corrected chi connectivity index (χ1v) is 7.15. The van der Waals surface area contributed by atoms with Crippen LogP contribution in [0.25, 0.3) is 0 Å². The lowest BCUT2D eigenvalue weighted by Gasteiger charge is -2.11. The van der Waals surface area contributed by atoms with Gasteiger partial charge in [0.1, 0.15) is 18.1 Å². The highest BCUT2D eigenvalue weighted by Crippen LogP contribution is 2.28. The van der Waals surface area contributed by atoms with Gasteiger partial charge < -0.3 is 20.1 Å². The highest BCUT2D eigenvalue weighted by Gasteiger charge is 2.13. The van der Waals surface area contributed by atoms with Crippen LogP contribution in [-0.4, -0.2) is 31.2 Å². The molecular formula is C16H17N3O5. The third-order valence-corrected chi connectivity index (χ3v) is 3.04. The molecule has 0 aliphatic heterocycles. The number of hydrogen-bond acceptors (Lipinski definition) is 5. The molecule has 0 fully saturated rings. The van der Waals surface area contributed by atoms with Crippen molar-refractivity contribution in [1.82, 2.24) is 5.32 Å². The molecule has 2 rings (SSSR count). The Morgan fingerprint density at radius 1 is 1.21 bits per heavy atom. The van der Waals surface area contributed by atoms with Gasteiger partial charge in [-0.25, -0.2) is 4.79 Å². The molecule has 0 aliphatic rings. The number of para-hydroxylation sites is 1. The quantitative estimate of drug-likeness (QED) is 0.461. The number of non-ortho nitro benzene ring substituents is 1. The predicted molar refractivity (Wildman–Crippen MR) is 88.6 cm³/mol. The van der Waals surface area contributed by atoms with Crippen LogP contribution in [0.5, 0.6) is 11.5 Å². The molecule has 0 aliphatic carbocycles. The second-order valence-corrected chi connectivity index (χ2v) is 4.68. The van der Waals surface area contributed by atoms with Gasteiger partial charge in [0.15, 0.2) is 0 Å². The highest BCUT2D eigenvalue weighted by molar-refractivity contribution is 5.91. The summed E-state index contributed by atoms with van der Waals surface area (Å²) in [7, 11) is 1.37. The van der Waals surface area contributed by atoms with E-state index in [9.17, 15) is 14.9 Å². The Morgan fingerprint density at radius 3 is 2.62 bits per heavy atom. The van der Waals surface area contributed by atoms with Crippen molar-refractivity contribution in [2.24, 2.45) is 0 Å². The average Bonchev–Trinajstić information content (AvgIpc) is 2.59. The van der Waals surface area contributed by atoms with Gasteiger partial charge in [-0.15, -0.1) is 0 Å². The Kier molecular flexibility index (Phi) is 5.95. The summed E-state index contributed by atoms with van der Waals surface area (Å²) in [5.41, 5.74) is 0.221. The molecule has 0 radical (unpaired) electrons. The van der Waals surface area contributed by atoms with Crippen LogP contribution in [0.1, 0.15) is 0 Å². The van der Waals surface area contributed by atoms with Gasteiger partial charge in [-0.05, 0) is 18.2 Å². The van der Waals surface area contributed by atoms with E-state index in [1.807, 2.05) is 30.3 Å². The van der Waals surface area contributed by atoms with E-state index < -0.39 is 11.0 Å². The zero-order valence-electron chi connectivity index (χ0n) is 13.0. The number of urea groups is 1. The molecule has 0 atom stereocenters. The number of nitrogens with one attached hydrogen (secondary N) is 2. The number of ether oxygens (including phenoxy) is 2. The smallest absolute Gasteiger partial charge is 0.319 e. The normalized spacial score (nSPS) is 9.88. The summed E-state index contributed by atoms with van der Waals surface area (Å²) < 4.78 is 10.5. The molecule has 0 saturated carbocycles. The van der Waals surface area contributed by atoms with E-state index in [4.69, 9.17) is 9.47 Å². The number of rotatable bonds is 7. The number of anilines is 1. The standard InChI is InChI=1S/C16H17N3O5/c1-23-15-11-12(19(21)22)7-8-14(15)18-16(20)17-9-10-24-13-5-3-2-4-6-13/h2-8,11H,9-10H2,1H3,(H2,17,18,20). The van der Waals surface area contributed by atoms with Crippen molar-refractivity contribution >= 4 is 17.4 Å². The third-order valence-electron chi connectivity index (χ3n) is 3.04. The summed E-state index contributed by atoms with van der Waals surface area (Å²) in [5, 5.41) is 15.9. The van der Waals surface area contributed by atoms with Gasteiger partial charge in [0.05, 0.1) is 30.3 Å². The Balaban J connectivity index is 1.82. The van der Waals surface area contributed by atoms with Crippen LogP contribution in [0.4, 0.5) is 16.2 Å². The molecule has 0 heterocycles. The number of benzene rings is 2. The lowest BCUT2D eigenvalue weighted by Crippen LogP contribution is -2.32. The maximum absolute atomic E-state index is 11.8. The molecule has 0 aromatic heterocycles. The molecule has 0 unspecified atom stereocenters. The summed E-state index contributed by atoms with van der Waals surface area (Å²) >= 11 is 0. The Labute approximate surface area is 138 Å². The van der Waals surface area contributed by atoms with E-state index in [1.54, 1.807) is 0 Å². The number of nitro groups is 1. The fourth-order valence-electron chi connectivity index (χ4n) is 1.91. The largest absolute Gasteiger partial charge is 0.494 e. The van der Waals surface area contributed by atoms with E-state index in [0.717, 1.165) is 5.75 Å². The van der Waals surface area contributed by atoms with E-state index >= 15 is 0 Å². The molecule has 0 bridgehead atoms. The predicted octanol–water partition coefficient (Wildman–Crippen LogP) is 2.80. The van der Waals surface area contributed by atoms with Crippen LogP contribution in [-0.2, 0) is 0 Å². The number of carbonyl (C=O) groups excluding carboxylic acids is 1. The molecule has 2 aromatic carbocycles. The van der Waals surface area contributed by atoms with Crippen molar-refractivity contribution in [2.45, 2.75) is 0 Å². The molecule has 0 saturated heterocycles.